The molecule has 1 aromatic carbocycles. The number of aromatic nitrogens is 4. The highest BCUT2D eigenvalue weighted by Crippen LogP contribution is 2.32. The number of imidazole rings is 1. The molecule has 0 bridgehead atoms. The van der Waals surface area contributed by atoms with Crippen LogP contribution in [0.2, 0.25) is 0 Å². The Balaban J connectivity index is 1.34. The Morgan fingerprint density at radius 1 is 1.16 bits per heavy atom. The zero-order valence-electron chi connectivity index (χ0n) is 21.3. The van der Waals surface area contributed by atoms with Crippen molar-refractivity contribution < 1.29 is 30.6 Å². The molecule has 3 aromatic rings. The van der Waals surface area contributed by atoms with Gasteiger partial charge in [0, 0.05) is 19.5 Å². The highest BCUT2D eigenvalue weighted by atomic mass is 16.6. The van der Waals surface area contributed by atoms with Crippen LogP contribution in [-0.4, -0.2) is 103 Å². The molecular formula is C25H37N8O5+. The number of aliphatic hydroxyl groups is 2. The van der Waals surface area contributed by atoms with Gasteiger partial charge < -0.3 is 41.7 Å². The summed E-state index contributed by atoms with van der Waals surface area (Å²) in [5.74, 6) is -0.739. The molecule has 0 aliphatic carbocycles. The Bertz CT molecular complexity index is 1180. The van der Waals surface area contributed by atoms with Crippen molar-refractivity contribution in [1.82, 2.24) is 29.7 Å². The van der Waals surface area contributed by atoms with E-state index in [1.807, 2.05) is 18.2 Å². The summed E-state index contributed by atoms with van der Waals surface area (Å²) >= 11 is 0. The van der Waals surface area contributed by atoms with Crippen LogP contribution in [0.25, 0.3) is 11.2 Å². The summed E-state index contributed by atoms with van der Waals surface area (Å²) in [6, 6.07) is 9.52. The van der Waals surface area contributed by atoms with Crippen LogP contribution in [0, 0.1) is 0 Å². The van der Waals surface area contributed by atoms with E-state index in [0.717, 1.165) is 25.9 Å². The van der Waals surface area contributed by atoms with E-state index in [-0.39, 0.29) is 5.82 Å². The van der Waals surface area contributed by atoms with E-state index >= 15 is 0 Å². The first-order valence-corrected chi connectivity index (χ1v) is 12.8. The molecule has 13 nitrogen and oxygen atoms in total. The van der Waals surface area contributed by atoms with Gasteiger partial charge in [-0.2, -0.15) is 0 Å². The lowest BCUT2D eigenvalue weighted by Crippen LogP contribution is -2.65. The van der Waals surface area contributed by atoms with Crippen molar-refractivity contribution in [3.05, 3.63) is 48.5 Å². The Kier molecular flexibility index (Phi) is 9.55. The smallest absolute Gasteiger partial charge is 0.362 e. The van der Waals surface area contributed by atoms with Gasteiger partial charge >= 0.3 is 5.97 Å². The number of nitrogens with two attached hydrogens (primary N) is 1. The number of hydrogen-bond acceptors (Lipinski definition) is 10. The molecule has 0 saturated carbocycles. The summed E-state index contributed by atoms with van der Waals surface area (Å²) in [7, 11) is 0. The van der Waals surface area contributed by atoms with E-state index in [2.05, 4.69) is 43.0 Å². The number of carbonyl (C=O) groups is 1. The normalized spacial score (nSPS) is 22.3. The van der Waals surface area contributed by atoms with E-state index in [9.17, 15) is 20.1 Å². The SMILES string of the molecule is Nc1ncnc2c1ncn2[C@@H]1O[C@H](CN(CCCNCCc2ccccc2)CC[C@H]([NH3+])C(=O)O)[C@@H](O)[C@H]1O. The van der Waals surface area contributed by atoms with Gasteiger partial charge in [0.25, 0.3) is 0 Å². The Labute approximate surface area is 220 Å². The average Bonchev–Trinajstić information content (AvgIpc) is 3.46. The second kappa shape index (κ2) is 13.0. The largest absolute Gasteiger partial charge is 0.477 e. The number of anilines is 1. The van der Waals surface area contributed by atoms with Gasteiger partial charge in [-0.15, -0.1) is 0 Å². The molecule has 13 heteroatoms. The van der Waals surface area contributed by atoms with E-state index in [4.69, 9.17) is 10.5 Å². The van der Waals surface area contributed by atoms with E-state index in [1.165, 1.54) is 18.2 Å². The third kappa shape index (κ3) is 6.81. The maximum atomic E-state index is 11.3. The summed E-state index contributed by atoms with van der Waals surface area (Å²) in [6.07, 6.45) is 0.895. The van der Waals surface area contributed by atoms with Gasteiger partial charge in [-0.1, -0.05) is 30.3 Å². The molecule has 0 spiro atoms. The highest BCUT2D eigenvalue weighted by molar-refractivity contribution is 5.81. The van der Waals surface area contributed by atoms with Crippen LogP contribution >= 0.6 is 0 Å². The van der Waals surface area contributed by atoms with Crippen molar-refractivity contribution in [1.29, 1.82) is 0 Å². The number of ether oxygens (including phenoxy) is 1. The molecule has 206 valence electrons. The second-order valence-electron chi connectivity index (χ2n) is 9.59. The third-order valence-corrected chi connectivity index (χ3v) is 6.84. The van der Waals surface area contributed by atoms with Crippen molar-refractivity contribution in [2.75, 3.05) is 38.5 Å². The number of fused-ring (bicyclic) bond motifs is 1. The van der Waals surface area contributed by atoms with Crippen LogP contribution in [0.4, 0.5) is 5.82 Å². The van der Waals surface area contributed by atoms with Crippen LogP contribution in [0.1, 0.15) is 24.6 Å². The topological polar surface area (TPSA) is 200 Å². The van der Waals surface area contributed by atoms with Gasteiger partial charge in [0.05, 0.1) is 6.33 Å². The average molecular weight is 530 g/mol. The van der Waals surface area contributed by atoms with Gasteiger partial charge in [0.1, 0.15) is 30.2 Å². The molecule has 4 rings (SSSR count). The van der Waals surface area contributed by atoms with Crippen LogP contribution in [0.15, 0.2) is 43.0 Å². The van der Waals surface area contributed by atoms with Crippen molar-refractivity contribution in [2.45, 2.75) is 49.8 Å². The number of carboxylic acid groups (broad SMARTS) is 1. The van der Waals surface area contributed by atoms with Crippen LogP contribution in [-0.2, 0) is 16.0 Å². The minimum absolute atomic E-state index is 0.211. The lowest BCUT2D eigenvalue weighted by atomic mass is 10.1. The number of nitrogens with one attached hydrogen (secondary N) is 1. The number of quaternary nitrogens is 1. The molecule has 1 aliphatic heterocycles. The van der Waals surface area contributed by atoms with Crippen molar-refractivity contribution in [3.8, 4) is 0 Å². The minimum atomic E-state index is -1.21. The number of aliphatic carboxylic acids is 1. The zero-order chi connectivity index (χ0) is 27.1. The van der Waals surface area contributed by atoms with Crippen LogP contribution < -0.4 is 16.8 Å². The molecule has 5 atom stereocenters. The summed E-state index contributed by atoms with van der Waals surface area (Å²) in [5, 5.41) is 34.3. The predicted octanol–water partition coefficient (Wildman–Crippen LogP) is -1.36. The minimum Gasteiger partial charge on any atom is -0.477 e. The Morgan fingerprint density at radius 3 is 2.71 bits per heavy atom. The Hall–Kier alpha value is -3.20. The molecule has 3 heterocycles. The number of rotatable bonds is 14. The van der Waals surface area contributed by atoms with Gasteiger partial charge in [-0.3, -0.25) is 4.57 Å². The zero-order valence-corrected chi connectivity index (χ0v) is 21.3. The lowest BCUT2D eigenvalue weighted by Gasteiger charge is -2.27. The van der Waals surface area contributed by atoms with Crippen LogP contribution in [0.3, 0.4) is 0 Å². The summed E-state index contributed by atoms with van der Waals surface area (Å²) in [6.45, 7) is 3.09. The van der Waals surface area contributed by atoms with Gasteiger partial charge in [-0.05, 0) is 38.0 Å². The Morgan fingerprint density at radius 2 is 1.95 bits per heavy atom. The van der Waals surface area contributed by atoms with Gasteiger partial charge in [-0.25, -0.2) is 19.7 Å². The number of carboxylic acids is 1. The van der Waals surface area contributed by atoms with Crippen molar-refractivity contribution in [2.24, 2.45) is 0 Å². The maximum absolute atomic E-state index is 11.3. The summed E-state index contributed by atoms with van der Waals surface area (Å²) < 4.78 is 7.63. The van der Waals surface area contributed by atoms with Crippen molar-refractivity contribution >= 4 is 23.0 Å². The standard InChI is InChI=1S/C25H36N8O5/c26-17(25(36)37)8-12-32(11-4-9-28-10-7-16-5-2-1-3-6-16)13-18-20(34)21(35)24(38-18)33-15-31-19-22(27)29-14-30-23(19)33/h1-3,5-6,14-15,17-18,20-21,24,28,34-35H,4,7-13,26H2,(H,36,37)(H2,27,29,30)/p+1/t17-,18+,20+,21+,24+/m0/s1. The maximum Gasteiger partial charge on any atom is 0.362 e. The first-order chi connectivity index (χ1) is 18.3. The predicted molar refractivity (Wildman–Crippen MR) is 139 cm³/mol. The molecule has 1 saturated heterocycles. The summed E-state index contributed by atoms with van der Waals surface area (Å²) in [5.41, 5.74) is 11.6. The third-order valence-electron chi connectivity index (χ3n) is 6.84. The molecule has 38 heavy (non-hydrogen) atoms. The second-order valence-corrected chi connectivity index (χ2v) is 9.59. The fourth-order valence-electron chi connectivity index (χ4n) is 4.61. The number of benzene rings is 1. The molecule has 1 aliphatic rings. The van der Waals surface area contributed by atoms with Gasteiger partial charge in [0.15, 0.2) is 23.7 Å². The lowest BCUT2D eigenvalue weighted by molar-refractivity contribution is -0.409. The number of aliphatic hydroxyl groups excluding tert-OH is 2. The fraction of sp³-hybridized carbons (Fsp3) is 0.520. The molecule has 2 aromatic heterocycles. The molecule has 0 unspecified atom stereocenters. The number of nitrogens with zero attached hydrogens (tertiary/aromatic N) is 5. The fourth-order valence-corrected chi connectivity index (χ4v) is 4.61. The number of hydrogen-bond donors (Lipinski definition) is 6. The van der Waals surface area contributed by atoms with E-state index < -0.39 is 36.6 Å². The first kappa shape index (κ1) is 27.8. The molecule has 0 amide bonds. The van der Waals surface area contributed by atoms with E-state index in [1.54, 1.807) is 4.57 Å². The quantitative estimate of drug-likeness (QED) is 0.135. The highest BCUT2D eigenvalue weighted by Gasteiger charge is 2.44. The van der Waals surface area contributed by atoms with Gasteiger partial charge in [0.2, 0.25) is 0 Å². The monoisotopic (exact) mass is 529 g/mol. The first-order valence-electron chi connectivity index (χ1n) is 12.8. The van der Waals surface area contributed by atoms with Crippen LogP contribution in [0.5, 0.6) is 0 Å². The molecule has 1 fully saturated rings. The molecule has 9 N–H and O–H groups in total. The van der Waals surface area contributed by atoms with Crippen molar-refractivity contribution in [3.63, 3.8) is 0 Å². The summed E-state index contributed by atoms with van der Waals surface area (Å²) in [4.78, 5) is 25.7. The molecule has 0 radical (unpaired) electrons. The molecular weight excluding hydrogens is 492 g/mol. The van der Waals surface area contributed by atoms with E-state index in [0.29, 0.717) is 37.2 Å². The number of nitrogen functional groups attached to an aromatic ring is 1.